The minimum atomic E-state index is -0.861. The highest BCUT2D eigenvalue weighted by molar-refractivity contribution is 5.93. The van der Waals surface area contributed by atoms with Gasteiger partial charge in [-0.15, -0.1) is 10.2 Å². The Morgan fingerprint density at radius 3 is 2.36 bits per heavy atom. The second-order valence-electron chi connectivity index (χ2n) is 12.8. The van der Waals surface area contributed by atoms with Crippen LogP contribution in [0.25, 0.3) is 17.1 Å². The van der Waals surface area contributed by atoms with Crippen LogP contribution in [0.5, 0.6) is 0 Å². The standard InChI is InChI=1S/C37H40N8O2/c1-22-6-8-25(9-7-22)35-42-36(44-43-35)37(19-23(2)41-21-33(46)45-16-4-5-30(45)20-38)31-14-12-26(24(3)39)17-27(31)10-11-28-18-29(34(40)47)13-15-32(28)37/h6-9,12-15,17-18,23,30,41H,3-5,10-11,16,19,21,39H2,1-2H3,(H2,40,47)(H,42,43,44)/t23-,30?,37?/m1/s1. The molecule has 3 atom stereocenters. The molecule has 10 nitrogen and oxygen atoms in total. The number of nitriles is 1. The lowest BCUT2D eigenvalue weighted by atomic mass is 9.67. The van der Waals surface area contributed by atoms with E-state index in [0.29, 0.717) is 55.1 Å². The van der Waals surface area contributed by atoms with Crippen LogP contribution in [-0.4, -0.2) is 57.1 Å². The number of aromatic nitrogens is 3. The zero-order valence-electron chi connectivity index (χ0n) is 26.8. The third-order valence-corrected chi connectivity index (χ3v) is 9.60. The summed E-state index contributed by atoms with van der Waals surface area (Å²) in [5.74, 6) is 0.706. The molecule has 0 bridgehead atoms. The van der Waals surface area contributed by atoms with Crippen LogP contribution in [0.4, 0.5) is 0 Å². The zero-order valence-corrected chi connectivity index (χ0v) is 26.8. The van der Waals surface area contributed by atoms with Crippen molar-refractivity contribution in [1.29, 1.82) is 5.26 Å². The Morgan fingerprint density at radius 1 is 1.06 bits per heavy atom. The van der Waals surface area contributed by atoms with Gasteiger partial charge >= 0.3 is 0 Å². The first-order chi connectivity index (χ1) is 22.6. The predicted molar refractivity (Wildman–Crippen MR) is 181 cm³/mol. The lowest BCUT2D eigenvalue weighted by Crippen LogP contribution is -2.45. The average molecular weight is 629 g/mol. The number of amides is 2. The maximum atomic E-state index is 13.2. The molecule has 3 aromatic carbocycles. The molecule has 1 aromatic heterocycles. The van der Waals surface area contributed by atoms with Crippen molar-refractivity contribution in [2.75, 3.05) is 13.1 Å². The Bertz CT molecular complexity index is 1820. The molecule has 10 heteroatoms. The van der Waals surface area contributed by atoms with E-state index < -0.39 is 11.3 Å². The Balaban J connectivity index is 1.49. The van der Waals surface area contributed by atoms with Gasteiger partial charge in [-0.1, -0.05) is 54.6 Å². The molecule has 1 saturated heterocycles. The second-order valence-corrected chi connectivity index (χ2v) is 12.8. The number of likely N-dealkylation sites (tertiary alicyclic amines) is 1. The summed E-state index contributed by atoms with van der Waals surface area (Å²) in [7, 11) is 0. The van der Waals surface area contributed by atoms with Crippen LogP contribution in [0.15, 0.2) is 67.2 Å². The molecule has 2 amide bonds. The number of aromatic amines is 1. The monoisotopic (exact) mass is 628 g/mol. The summed E-state index contributed by atoms with van der Waals surface area (Å²) in [6.45, 7) is 8.76. The van der Waals surface area contributed by atoms with E-state index in [1.165, 1.54) is 0 Å². The van der Waals surface area contributed by atoms with Gasteiger partial charge in [0.05, 0.1) is 18.0 Å². The number of primary amides is 1. The molecule has 1 aliphatic carbocycles. The van der Waals surface area contributed by atoms with Crippen molar-refractivity contribution in [2.24, 2.45) is 11.5 Å². The number of hydrogen-bond donors (Lipinski definition) is 4. The number of nitrogens with zero attached hydrogens (tertiary/aromatic N) is 4. The number of benzene rings is 3. The number of H-pyrrole nitrogens is 1. The fourth-order valence-electron chi connectivity index (χ4n) is 7.16. The van der Waals surface area contributed by atoms with Gasteiger partial charge < -0.3 is 26.7 Å². The fraction of sp³-hybridized carbons (Fsp3) is 0.324. The molecule has 0 saturated carbocycles. The van der Waals surface area contributed by atoms with Crippen molar-refractivity contribution < 1.29 is 9.59 Å². The van der Waals surface area contributed by atoms with Crippen LogP contribution in [0.2, 0.25) is 0 Å². The zero-order chi connectivity index (χ0) is 33.3. The molecule has 47 heavy (non-hydrogen) atoms. The molecular formula is C37H40N8O2. The molecule has 6 N–H and O–H groups in total. The third-order valence-electron chi connectivity index (χ3n) is 9.60. The first-order valence-electron chi connectivity index (χ1n) is 16.0. The van der Waals surface area contributed by atoms with Crippen LogP contribution in [0.1, 0.15) is 75.7 Å². The van der Waals surface area contributed by atoms with Crippen molar-refractivity contribution in [3.63, 3.8) is 0 Å². The third kappa shape index (κ3) is 6.02. The molecule has 6 rings (SSSR count). The normalized spacial score (nSPS) is 19.3. The summed E-state index contributed by atoms with van der Waals surface area (Å²) in [5.41, 5.74) is 18.9. The Kier molecular flexibility index (Phi) is 8.67. The SMILES string of the molecule is C=C(N)c1ccc2c(c1)CCc1cc(C(N)=O)ccc1C2(C[C@@H](C)NCC(=O)N1CCCC1C#N)c1nnc(-c2ccc(C)cc2)[nH]1. The summed E-state index contributed by atoms with van der Waals surface area (Å²) in [6.07, 6.45) is 3.39. The van der Waals surface area contributed by atoms with Crippen LogP contribution in [0, 0.1) is 18.3 Å². The van der Waals surface area contributed by atoms with Crippen LogP contribution in [-0.2, 0) is 23.1 Å². The van der Waals surface area contributed by atoms with Gasteiger partial charge in [-0.2, -0.15) is 5.26 Å². The number of carbonyl (C=O) groups excluding carboxylic acids is 2. The summed E-state index contributed by atoms with van der Waals surface area (Å²) < 4.78 is 0. The van der Waals surface area contributed by atoms with E-state index in [9.17, 15) is 14.9 Å². The maximum Gasteiger partial charge on any atom is 0.248 e. The molecule has 0 radical (unpaired) electrons. The van der Waals surface area contributed by atoms with Crippen LogP contribution in [0.3, 0.4) is 0 Å². The first-order valence-corrected chi connectivity index (χ1v) is 16.0. The molecule has 2 unspecified atom stereocenters. The molecule has 240 valence electrons. The van der Waals surface area contributed by atoms with E-state index in [1.54, 1.807) is 11.0 Å². The number of hydrogen-bond acceptors (Lipinski definition) is 7. The van der Waals surface area contributed by atoms with E-state index in [2.05, 4.69) is 47.1 Å². The van der Waals surface area contributed by atoms with Crippen LogP contribution < -0.4 is 16.8 Å². The molecule has 4 aromatic rings. The number of fused-ring (bicyclic) bond motifs is 2. The number of nitrogens with two attached hydrogens (primary N) is 2. The number of carbonyl (C=O) groups is 2. The van der Waals surface area contributed by atoms with E-state index in [0.717, 1.165) is 45.4 Å². The highest BCUT2D eigenvalue weighted by atomic mass is 16.2. The molecule has 2 heterocycles. The van der Waals surface area contributed by atoms with Crippen molar-refractivity contribution >= 4 is 17.5 Å². The van der Waals surface area contributed by atoms with Crippen LogP contribution >= 0.6 is 0 Å². The molecule has 1 fully saturated rings. The van der Waals surface area contributed by atoms with Gasteiger partial charge in [0.25, 0.3) is 0 Å². The summed E-state index contributed by atoms with van der Waals surface area (Å²) in [6, 6.07) is 21.6. The number of nitrogens with one attached hydrogen (secondary N) is 2. The fourth-order valence-corrected chi connectivity index (χ4v) is 7.16. The minimum Gasteiger partial charge on any atom is -0.399 e. The lowest BCUT2D eigenvalue weighted by molar-refractivity contribution is -0.130. The average Bonchev–Trinajstić information content (AvgIpc) is 3.74. The lowest BCUT2D eigenvalue weighted by Gasteiger charge is -2.37. The summed E-state index contributed by atoms with van der Waals surface area (Å²) >= 11 is 0. The summed E-state index contributed by atoms with van der Waals surface area (Å²) in [5, 5.41) is 22.4. The van der Waals surface area contributed by atoms with E-state index in [4.69, 9.17) is 16.6 Å². The second kappa shape index (κ2) is 12.9. The van der Waals surface area contributed by atoms with E-state index in [-0.39, 0.29) is 24.5 Å². The topological polar surface area (TPSA) is 167 Å². The first kappa shape index (κ1) is 31.7. The van der Waals surface area contributed by atoms with Crippen molar-refractivity contribution in [2.45, 2.75) is 63.5 Å². The smallest absolute Gasteiger partial charge is 0.248 e. The quantitative estimate of drug-likeness (QED) is 0.216. The minimum absolute atomic E-state index is 0.0878. The van der Waals surface area contributed by atoms with Gasteiger partial charge in [0.2, 0.25) is 11.8 Å². The van der Waals surface area contributed by atoms with Gasteiger partial charge in [-0.25, -0.2) is 0 Å². The van der Waals surface area contributed by atoms with Gasteiger partial charge in [0.1, 0.15) is 11.9 Å². The van der Waals surface area contributed by atoms with Gasteiger partial charge in [-0.05, 0) is 92.0 Å². The molecular weight excluding hydrogens is 588 g/mol. The maximum absolute atomic E-state index is 13.2. The van der Waals surface area contributed by atoms with Gasteiger partial charge in [0.15, 0.2) is 5.82 Å². The number of aryl methyl sites for hydroxylation is 3. The summed E-state index contributed by atoms with van der Waals surface area (Å²) in [4.78, 5) is 30.8. The van der Waals surface area contributed by atoms with Crippen molar-refractivity contribution in [3.8, 4) is 17.5 Å². The molecule has 2 aliphatic rings. The highest BCUT2D eigenvalue weighted by Gasteiger charge is 2.45. The van der Waals surface area contributed by atoms with Gasteiger partial charge in [-0.3, -0.25) is 9.59 Å². The number of rotatable bonds is 9. The predicted octanol–water partition coefficient (Wildman–Crippen LogP) is 4.12. The van der Waals surface area contributed by atoms with E-state index >= 15 is 0 Å². The van der Waals surface area contributed by atoms with Crippen molar-refractivity contribution in [3.05, 3.63) is 112 Å². The largest absolute Gasteiger partial charge is 0.399 e. The van der Waals surface area contributed by atoms with E-state index in [1.807, 2.05) is 49.4 Å². The molecule has 0 spiro atoms. The Morgan fingerprint density at radius 2 is 1.72 bits per heavy atom. The highest BCUT2D eigenvalue weighted by Crippen LogP contribution is 2.47. The Labute approximate surface area is 274 Å². The molecule has 1 aliphatic heterocycles. The Hall–Kier alpha value is -5.27. The van der Waals surface area contributed by atoms with Gasteiger partial charge in [0, 0.05) is 29.4 Å². The van der Waals surface area contributed by atoms with Crippen molar-refractivity contribution in [1.82, 2.24) is 25.4 Å².